The maximum absolute atomic E-state index is 12.8. The van der Waals surface area contributed by atoms with E-state index >= 15 is 0 Å². The summed E-state index contributed by atoms with van der Waals surface area (Å²) in [7, 11) is 2.13. The first-order valence-electron chi connectivity index (χ1n) is 8.49. The Morgan fingerprint density at radius 2 is 2.09 bits per heavy atom. The largest absolute Gasteiger partial charge is 0.354 e. The summed E-state index contributed by atoms with van der Waals surface area (Å²) >= 11 is 0. The molecule has 2 atom stereocenters. The van der Waals surface area contributed by atoms with Crippen LogP contribution in [0.15, 0.2) is 18.3 Å². The number of nitrogens with two attached hydrogens (primary N) is 1. The minimum absolute atomic E-state index is 0.103. The molecule has 126 valence electrons. The Kier molecular flexibility index (Phi) is 4.82. The van der Waals surface area contributed by atoms with E-state index in [9.17, 15) is 4.79 Å². The average molecular weight is 317 g/mol. The zero-order valence-corrected chi connectivity index (χ0v) is 14.1. The molecule has 0 spiro atoms. The number of hydrogen-bond acceptors (Lipinski definition) is 5. The van der Waals surface area contributed by atoms with Gasteiger partial charge in [-0.3, -0.25) is 4.79 Å². The van der Waals surface area contributed by atoms with E-state index in [4.69, 9.17) is 5.73 Å². The highest BCUT2D eigenvalue weighted by molar-refractivity contribution is 5.95. The molecule has 0 radical (unpaired) electrons. The Morgan fingerprint density at radius 3 is 2.74 bits per heavy atom. The van der Waals surface area contributed by atoms with Crippen LogP contribution in [0.4, 0.5) is 5.82 Å². The predicted molar refractivity (Wildman–Crippen MR) is 91.6 cm³/mol. The molecule has 1 amide bonds. The van der Waals surface area contributed by atoms with Crippen molar-refractivity contribution in [3.8, 4) is 0 Å². The Morgan fingerprint density at radius 1 is 1.35 bits per heavy atom. The average Bonchev–Trinajstić information content (AvgIpc) is 2.96. The van der Waals surface area contributed by atoms with Gasteiger partial charge >= 0.3 is 0 Å². The number of pyridine rings is 1. The molecule has 0 saturated carbocycles. The summed E-state index contributed by atoms with van der Waals surface area (Å²) in [6, 6.07) is 4.02. The van der Waals surface area contributed by atoms with Crippen molar-refractivity contribution in [2.24, 2.45) is 11.7 Å². The molecule has 0 aromatic carbocycles. The van der Waals surface area contributed by atoms with Crippen LogP contribution in [0.5, 0.6) is 0 Å². The van der Waals surface area contributed by atoms with Gasteiger partial charge in [0.15, 0.2) is 0 Å². The fraction of sp³-hybridized carbons (Fsp3) is 0.647. The summed E-state index contributed by atoms with van der Waals surface area (Å²) in [6.07, 6.45) is 2.75. The van der Waals surface area contributed by atoms with E-state index in [1.807, 2.05) is 17.0 Å². The van der Waals surface area contributed by atoms with Crippen LogP contribution in [0.1, 0.15) is 23.7 Å². The number of hydrogen-bond donors (Lipinski definition) is 1. The van der Waals surface area contributed by atoms with Crippen molar-refractivity contribution in [3.63, 3.8) is 0 Å². The van der Waals surface area contributed by atoms with Crippen molar-refractivity contribution < 1.29 is 4.79 Å². The first-order valence-corrected chi connectivity index (χ1v) is 8.49. The highest BCUT2D eigenvalue weighted by atomic mass is 16.2. The molecule has 2 unspecified atom stereocenters. The molecule has 2 aliphatic rings. The van der Waals surface area contributed by atoms with Gasteiger partial charge in [-0.2, -0.15) is 0 Å². The summed E-state index contributed by atoms with van der Waals surface area (Å²) in [5.41, 5.74) is 6.51. The Balaban J connectivity index is 1.73. The summed E-state index contributed by atoms with van der Waals surface area (Å²) < 4.78 is 0. The third kappa shape index (κ3) is 3.48. The number of carbonyl (C=O) groups is 1. The summed E-state index contributed by atoms with van der Waals surface area (Å²) in [5.74, 6) is 1.44. The van der Waals surface area contributed by atoms with Gasteiger partial charge in [-0.05, 0) is 45.0 Å². The third-order valence-electron chi connectivity index (χ3n) is 5.08. The lowest BCUT2D eigenvalue weighted by Crippen LogP contribution is -2.45. The summed E-state index contributed by atoms with van der Waals surface area (Å²) in [6.45, 7) is 7.49. The first kappa shape index (κ1) is 16.2. The van der Waals surface area contributed by atoms with Crippen molar-refractivity contribution >= 4 is 11.7 Å². The van der Waals surface area contributed by atoms with E-state index in [1.165, 1.54) is 0 Å². The number of aromatic nitrogens is 1. The maximum atomic E-state index is 12.8. The molecule has 1 aromatic heterocycles. The molecule has 23 heavy (non-hydrogen) atoms. The van der Waals surface area contributed by atoms with Crippen molar-refractivity contribution in [2.45, 2.75) is 19.4 Å². The van der Waals surface area contributed by atoms with E-state index in [2.05, 4.69) is 28.8 Å². The summed E-state index contributed by atoms with van der Waals surface area (Å²) in [4.78, 5) is 23.8. The maximum Gasteiger partial charge on any atom is 0.254 e. The highest BCUT2D eigenvalue weighted by Gasteiger charge is 2.32. The van der Waals surface area contributed by atoms with Crippen molar-refractivity contribution in [1.29, 1.82) is 0 Å². The van der Waals surface area contributed by atoms with Gasteiger partial charge in [-0.1, -0.05) is 0 Å². The van der Waals surface area contributed by atoms with Gasteiger partial charge in [0.1, 0.15) is 5.82 Å². The highest BCUT2D eigenvalue weighted by Crippen LogP contribution is 2.25. The number of rotatable bonds is 3. The number of nitrogens with zero attached hydrogens (tertiary/aromatic N) is 4. The first-order chi connectivity index (χ1) is 11.1. The quantitative estimate of drug-likeness (QED) is 0.886. The van der Waals surface area contributed by atoms with Gasteiger partial charge in [-0.15, -0.1) is 0 Å². The lowest BCUT2D eigenvalue weighted by molar-refractivity contribution is 0.0743. The minimum Gasteiger partial charge on any atom is -0.354 e. The van der Waals surface area contributed by atoms with Crippen molar-refractivity contribution in [3.05, 3.63) is 23.9 Å². The number of anilines is 1. The fourth-order valence-corrected chi connectivity index (χ4v) is 3.52. The molecule has 2 fully saturated rings. The standard InChI is InChI=1S/C17H27N5O/c1-13-9-14(11-18)12-22(13)17(23)15-3-4-19-16(10-15)21-7-5-20(2)6-8-21/h3-4,10,13-14H,5-9,11-12,18H2,1-2H3. The molecule has 6 heteroatoms. The van der Waals surface area contributed by atoms with Crippen LogP contribution >= 0.6 is 0 Å². The van der Waals surface area contributed by atoms with E-state index in [0.717, 1.165) is 50.5 Å². The van der Waals surface area contributed by atoms with Gasteiger partial charge in [0, 0.05) is 50.5 Å². The third-order valence-corrected chi connectivity index (χ3v) is 5.08. The molecule has 0 aliphatic carbocycles. The van der Waals surface area contributed by atoms with E-state index in [1.54, 1.807) is 6.20 Å². The number of likely N-dealkylation sites (tertiary alicyclic amines) is 1. The van der Waals surface area contributed by atoms with Crippen molar-refractivity contribution in [1.82, 2.24) is 14.8 Å². The molecule has 2 aliphatic heterocycles. The normalized spacial score (nSPS) is 25.9. The smallest absolute Gasteiger partial charge is 0.254 e. The summed E-state index contributed by atoms with van der Waals surface area (Å²) in [5, 5.41) is 0. The van der Waals surface area contributed by atoms with Crippen LogP contribution in [-0.4, -0.2) is 73.0 Å². The minimum atomic E-state index is 0.103. The molecular weight excluding hydrogens is 290 g/mol. The SMILES string of the molecule is CC1CC(CN)CN1C(=O)c1ccnc(N2CCN(C)CC2)c1. The van der Waals surface area contributed by atoms with E-state index < -0.39 is 0 Å². The number of piperazine rings is 1. The van der Waals surface area contributed by atoms with Crippen LogP contribution in [0, 0.1) is 5.92 Å². The molecule has 3 heterocycles. The van der Waals surface area contributed by atoms with Crippen LogP contribution in [-0.2, 0) is 0 Å². The number of carbonyl (C=O) groups excluding carboxylic acids is 1. The molecule has 6 nitrogen and oxygen atoms in total. The van der Waals surface area contributed by atoms with Crippen LogP contribution < -0.4 is 10.6 Å². The number of amides is 1. The van der Waals surface area contributed by atoms with Crippen LogP contribution in [0.2, 0.25) is 0 Å². The van der Waals surface area contributed by atoms with Crippen LogP contribution in [0.25, 0.3) is 0 Å². The van der Waals surface area contributed by atoms with Gasteiger partial charge in [-0.25, -0.2) is 4.98 Å². The Labute approximate surface area is 138 Å². The zero-order chi connectivity index (χ0) is 16.4. The Bertz CT molecular complexity index is 556. The fourth-order valence-electron chi connectivity index (χ4n) is 3.52. The van der Waals surface area contributed by atoms with Crippen LogP contribution in [0.3, 0.4) is 0 Å². The van der Waals surface area contributed by atoms with E-state index in [0.29, 0.717) is 12.5 Å². The van der Waals surface area contributed by atoms with Gasteiger partial charge in [0.25, 0.3) is 5.91 Å². The molecule has 0 bridgehead atoms. The zero-order valence-electron chi connectivity index (χ0n) is 14.1. The second-order valence-corrected chi connectivity index (χ2v) is 6.84. The van der Waals surface area contributed by atoms with Gasteiger partial charge in [0.2, 0.25) is 0 Å². The monoisotopic (exact) mass is 317 g/mol. The molecular formula is C17H27N5O. The molecule has 2 saturated heterocycles. The van der Waals surface area contributed by atoms with Gasteiger partial charge < -0.3 is 20.4 Å². The molecule has 1 aromatic rings. The van der Waals surface area contributed by atoms with Crippen molar-refractivity contribution in [2.75, 3.05) is 51.2 Å². The molecule has 2 N–H and O–H groups in total. The number of likely N-dealkylation sites (N-methyl/N-ethyl adjacent to an activating group) is 1. The Hall–Kier alpha value is -1.66. The van der Waals surface area contributed by atoms with Gasteiger partial charge in [0.05, 0.1) is 0 Å². The lowest BCUT2D eigenvalue weighted by Gasteiger charge is -2.33. The lowest BCUT2D eigenvalue weighted by atomic mass is 10.1. The topological polar surface area (TPSA) is 65.7 Å². The molecule has 3 rings (SSSR count). The van der Waals surface area contributed by atoms with E-state index in [-0.39, 0.29) is 11.9 Å². The second-order valence-electron chi connectivity index (χ2n) is 6.84. The predicted octanol–water partition coefficient (Wildman–Crippen LogP) is 0.643. The second kappa shape index (κ2) is 6.84.